The van der Waals surface area contributed by atoms with E-state index in [0.717, 1.165) is 12.8 Å². The van der Waals surface area contributed by atoms with Gasteiger partial charge in [-0.2, -0.15) is 0 Å². The van der Waals surface area contributed by atoms with Gasteiger partial charge in [0, 0.05) is 19.7 Å². The number of hydrogen-bond donors (Lipinski definition) is 0. The number of carbonyl (C=O) groups excluding carboxylic acids is 1. The van der Waals surface area contributed by atoms with Gasteiger partial charge in [0.05, 0.1) is 6.61 Å². The third-order valence-electron chi connectivity index (χ3n) is 4.14. The highest BCUT2D eigenvalue weighted by molar-refractivity contribution is 5.68. The third-order valence-corrected chi connectivity index (χ3v) is 4.14. The van der Waals surface area contributed by atoms with Gasteiger partial charge in [0.15, 0.2) is 0 Å². The van der Waals surface area contributed by atoms with E-state index in [9.17, 15) is 4.79 Å². The number of carbonyl (C=O) groups is 1. The summed E-state index contributed by atoms with van der Waals surface area (Å²) in [6.07, 6.45) is 6.92. The van der Waals surface area contributed by atoms with E-state index in [2.05, 4.69) is 6.92 Å². The number of methoxy groups -OCH3 is 1. The van der Waals surface area contributed by atoms with E-state index in [1.165, 1.54) is 25.7 Å². The minimum atomic E-state index is -0.140. The molecule has 0 aliphatic heterocycles. The molecule has 2 aliphatic rings. The predicted molar refractivity (Wildman–Crippen MR) is 69.5 cm³/mol. The Balaban J connectivity index is 1.86. The minimum absolute atomic E-state index is 0.140. The van der Waals surface area contributed by atoms with E-state index < -0.39 is 0 Å². The summed E-state index contributed by atoms with van der Waals surface area (Å²) in [7, 11) is 1.67. The molecule has 4 nitrogen and oxygen atoms in total. The van der Waals surface area contributed by atoms with Gasteiger partial charge in [-0.15, -0.1) is 0 Å². The molecule has 0 aromatic rings. The number of amides is 1. The van der Waals surface area contributed by atoms with Crippen molar-refractivity contribution in [3.8, 4) is 0 Å². The summed E-state index contributed by atoms with van der Waals surface area (Å²) in [5.74, 6) is 0.665. The second-order valence-corrected chi connectivity index (χ2v) is 5.55. The van der Waals surface area contributed by atoms with E-state index in [1.807, 2.05) is 4.90 Å². The molecule has 2 saturated carbocycles. The van der Waals surface area contributed by atoms with Crippen LogP contribution in [0.3, 0.4) is 0 Å². The first-order chi connectivity index (χ1) is 8.72. The van der Waals surface area contributed by atoms with Crippen LogP contribution in [0.2, 0.25) is 0 Å². The van der Waals surface area contributed by atoms with Crippen molar-refractivity contribution in [3.63, 3.8) is 0 Å². The van der Waals surface area contributed by atoms with Crippen LogP contribution in [0.25, 0.3) is 0 Å². The first-order valence-corrected chi connectivity index (χ1v) is 7.18. The summed E-state index contributed by atoms with van der Waals surface area (Å²) in [5.41, 5.74) is 0. The smallest absolute Gasteiger partial charge is 0.410 e. The monoisotopic (exact) mass is 255 g/mol. The first kappa shape index (κ1) is 13.7. The molecule has 2 aliphatic carbocycles. The average molecular weight is 255 g/mol. The van der Waals surface area contributed by atoms with Crippen molar-refractivity contribution >= 4 is 6.09 Å². The van der Waals surface area contributed by atoms with E-state index in [1.54, 1.807) is 7.11 Å². The van der Waals surface area contributed by atoms with Crippen molar-refractivity contribution in [2.24, 2.45) is 5.92 Å². The van der Waals surface area contributed by atoms with Gasteiger partial charge >= 0.3 is 6.09 Å². The van der Waals surface area contributed by atoms with E-state index in [0.29, 0.717) is 19.1 Å². The fraction of sp³-hybridized carbons (Fsp3) is 0.929. The lowest BCUT2D eigenvalue weighted by molar-refractivity contribution is 0.0423. The summed E-state index contributed by atoms with van der Waals surface area (Å²) in [6.45, 7) is 3.35. The van der Waals surface area contributed by atoms with Gasteiger partial charge in [0.1, 0.15) is 6.10 Å². The van der Waals surface area contributed by atoms with Crippen molar-refractivity contribution in [1.82, 2.24) is 4.90 Å². The Hall–Kier alpha value is -0.770. The molecule has 0 aromatic carbocycles. The van der Waals surface area contributed by atoms with Crippen molar-refractivity contribution < 1.29 is 14.3 Å². The van der Waals surface area contributed by atoms with Crippen LogP contribution in [0.5, 0.6) is 0 Å². The van der Waals surface area contributed by atoms with Gasteiger partial charge in [0.2, 0.25) is 0 Å². The standard InChI is InChI=1S/C14H25NO3/c1-11(12-7-8-12)15(9-10-17-2)14(16)18-13-5-3-4-6-13/h11-13H,3-10H2,1-2H3. The van der Waals surface area contributed by atoms with Crippen LogP contribution in [-0.4, -0.2) is 43.4 Å². The molecule has 104 valence electrons. The van der Waals surface area contributed by atoms with Crippen LogP contribution < -0.4 is 0 Å². The normalized spacial score (nSPS) is 21.9. The topological polar surface area (TPSA) is 38.8 Å². The molecular formula is C14H25NO3. The van der Waals surface area contributed by atoms with Crippen LogP contribution in [0, 0.1) is 5.92 Å². The van der Waals surface area contributed by atoms with E-state index >= 15 is 0 Å². The van der Waals surface area contributed by atoms with Crippen LogP contribution >= 0.6 is 0 Å². The molecule has 0 radical (unpaired) electrons. The van der Waals surface area contributed by atoms with Gasteiger partial charge in [-0.1, -0.05) is 0 Å². The molecule has 0 saturated heterocycles. The molecule has 0 heterocycles. The van der Waals surface area contributed by atoms with Crippen LogP contribution in [0.4, 0.5) is 4.79 Å². The number of hydrogen-bond acceptors (Lipinski definition) is 3. The first-order valence-electron chi connectivity index (χ1n) is 7.18. The maximum atomic E-state index is 12.2. The zero-order valence-electron chi connectivity index (χ0n) is 11.6. The lowest BCUT2D eigenvalue weighted by atomic mass is 10.2. The lowest BCUT2D eigenvalue weighted by Crippen LogP contribution is -2.43. The maximum absolute atomic E-state index is 12.2. The van der Waals surface area contributed by atoms with E-state index in [-0.39, 0.29) is 18.2 Å². The molecule has 0 N–H and O–H groups in total. The second kappa shape index (κ2) is 6.41. The lowest BCUT2D eigenvalue weighted by Gasteiger charge is -2.29. The minimum Gasteiger partial charge on any atom is -0.446 e. The predicted octanol–water partition coefficient (Wildman–Crippen LogP) is 2.81. The summed E-state index contributed by atoms with van der Waals surface area (Å²) < 4.78 is 10.7. The highest BCUT2D eigenvalue weighted by atomic mass is 16.6. The number of rotatable bonds is 6. The average Bonchev–Trinajstić information content (AvgIpc) is 3.09. The van der Waals surface area contributed by atoms with Crippen molar-refractivity contribution in [3.05, 3.63) is 0 Å². The number of nitrogens with zero attached hydrogens (tertiary/aromatic N) is 1. The van der Waals surface area contributed by atoms with Crippen molar-refractivity contribution in [2.75, 3.05) is 20.3 Å². The molecule has 0 spiro atoms. The molecule has 2 fully saturated rings. The molecule has 1 unspecified atom stereocenters. The largest absolute Gasteiger partial charge is 0.446 e. The van der Waals surface area contributed by atoms with Gasteiger partial charge in [-0.3, -0.25) is 0 Å². The molecule has 0 bridgehead atoms. The fourth-order valence-corrected chi connectivity index (χ4v) is 2.70. The van der Waals surface area contributed by atoms with Crippen LogP contribution in [0.1, 0.15) is 45.4 Å². The molecule has 1 amide bonds. The summed E-state index contributed by atoms with van der Waals surface area (Å²) in [4.78, 5) is 14.1. The molecule has 0 aromatic heterocycles. The Bertz CT molecular complexity index is 272. The molecule has 18 heavy (non-hydrogen) atoms. The van der Waals surface area contributed by atoms with Crippen LogP contribution in [-0.2, 0) is 9.47 Å². The molecular weight excluding hydrogens is 230 g/mol. The SMILES string of the molecule is COCCN(C(=O)OC1CCCC1)C(C)C1CC1. The zero-order valence-corrected chi connectivity index (χ0v) is 11.6. The highest BCUT2D eigenvalue weighted by Gasteiger charge is 2.35. The second-order valence-electron chi connectivity index (χ2n) is 5.55. The zero-order chi connectivity index (χ0) is 13.0. The molecule has 2 rings (SSSR count). The van der Waals surface area contributed by atoms with E-state index in [4.69, 9.17) is 9.47 Å². The Morgan fingerprint density at radius 2 is 1.94 bits per heavy atom. The Morgan fingerprint density at radius 3 is 2.50 bits per heavy atom. The fourth-order valence-electron chi connectivity index (χ4n) is 2.70. The Kier molecular flexibility index (Phi) is 4.87. The summed E-state index contributed by atoms with van der Waals surface area (Å²) in [6, 6.07) is 0.286. The molecule has 1 atom stereocenters. The van der Waals surface area contributed by atoms with Gasteiger partial charge in [-0.05, 0) is 51.4 Å². The quantitative estimate of drug-likeness (QED) is 0.732. The summed E-state index contributed by atoms with van der Waals surface area (Å²) >= 11 is 0. The number of ether oxygens (including phenoxy) is 2. The molecule has 4 heteroatoms. The Morgan fingerprint density at radius 1 is 1.28 bits per heavy atom. The van der Waals surface area contributed by atoms with Gasteiger partial charge in [-0.25, -0.2) is 4.79 Å². The van der Waals surface area contributed by atoms with Gasteiger partial charge < -0.3 is 14.4 Å². The van der Waals surface area contributed by atoms with Gasteiger partial charge in [0.25, 0.3) is 0 Å². The highest BCUT2D eigenvalue weighted by Crippen LogP contribution is 2.35. The van der Waals surface area contributed by atoms with Crippen molar-refractivity contribution in [2.45, 2.75) is 57.6 Å². The van der Waals surface area contributed by atoms with Crippen molar-refractivity contribution in [1.29, 1.82) is 0 Å². The maximum Gasteiger partial charge on any atom is 0.410 e. The van der Waals surface area contributed by atoms with Crippen LogP contribution in [0.15, 0.2) is 0 Å². The summed E-state index contributed by atoms with van der Waals surface area (Å²) in [5, 5.41) is 0. The third kappa shape index (κ3) is 3.61. The Labute approximate surface area is 110 Å².